The monoisotopic (exact) mass is 265 g/mol. The Morgan fingerprint density at radius 3 is 2.78 bits per heavy atom. The molecule has 0 amide bonds. The number of methoxy groups -OCH3 is 1. The molecule has 1 aliphatic rings. The first kappa shape index (κ1) is 13.8. The SMILES string of the molecule is COc1ccccc1SC(C)CNC1CCCC1. The van der Waals surface area contributed by atoms with Crippen molar-refractivity contribution in [2.45, 2.75) is 48.8 Å². The second-order valence-electron chi connectivity index (χ2n) is 4.97. The molecule has 0 aliphatic heterocycles. The van der Waals surface area contributed by atoms with Crippen LogP contribution in [0.1, 0.15) is 32.6 Å². The van der Waals surface area contributed by atoms with Gasteiger partial charge in [0.25, 0.3) is 0 Å². The van der Waals surface area contributed by atoms with Gasteiger partial charge in [-0.25, -0.2) is 0 Å². The fourth-order valence-electron chi connectivity index (χ4n) is 2.44. The molecule has 0 heterocycles. The van der Waals surface area contributed by atoms with E-state index in [0.717, 1.165) is 18.3 Å². The van der Waals surface area contributed by atoms with Gasteiger partial charge in [-0.05, 0) is 25.0 Å². The van der Waals surface area contributed by atoms with Crippen molar-refractivity contribution in [3.05, 3.63) is 24.3 Å². The van der Waals surface area contributed by atoms with E-state index in [1.807, 2.05) is 23.9 Å². The van der Waals surface area contributed by atoms with E-state index < -0.39 is 0 Å². The molecule has 1 aliphatic carbocycles. The smallest absolute Gasteiger partial charge is 0.132 e. The summed E-state index contributed by atoms with van der Waals surface area (Å²) in [5.74, 6) is 0.982. The number of para-hydroxylation sites is 1. The summed E-state index contributed by atoms with van der Waals surface area (Å²) >= 11 is 1.89. The number of benzene rings is 1. The minimum atomic E-state index is 0.571. The van der Waals surface area contributed by atoms with E-state index in [1.54, 1.807) is 7.11 Å². The highest BCUT2D eigenvalue weighted by molar-refractivity contribution is 8.00. The lowest BCUT2D eigenvalue weighted by atomic mass is 10.2. The number of rotatable bonds is 6. The van der Waals surface area contributed by atoms with Gasteiger partial charge in [-0.15, -0.1) is 11.8 Å². The van der Waals surface area contributed by atoms with Crippen LogP contribution in [0.3, 0.4) is 0 Å². The quantitative estimate of drug-likeness (QED) is 0.792. The Labute approximate surface area is 114 Å². The highest BCUT2D eigenvalue weighted by Crippen LogP contribution is 2.31. The molecule has 0 aromatic heterocycles. The average molecular weight is 265 g/mol. The Bertz CT molecular complexity index is 363. The molecule has 1 aromatic carbocycles. The molecule has 1 aromatic rings. The first-order valence-electron chi connectivity index (χ1n) is 6.82. The molecule has 0 bridgehead atoms. The van der Waals surface area contributed by atoms with Crippen LogP contribution in [0, 0.1) is 0 Å². The first-order valence-corrected chi connectivity index (χ1v) is 7.70. The summed E-state index contributed by atoms with van der Waals surface area (Å²) in [6.45, 7) is 3.35. The summed E-state index contributed by atoms with van der Waals surface area (Å²) in [7, 11) is 1.74. The predicted octanol–water partition coefficient (Wildman–Crippen LogP) is 3.71. The summed E-state index contributed by atoms with van der Waals surface area (Å²) in [5, 5.41) is 4.25. The minimum Gasteiger partial charge on any atom is -0.496 e. The molecule has 100 valence electrons. The maximum absolute atomic E-state index is 5.38. The first-order chi connectivity index (χ1) is 8.79. The molecule has 1 atom stereocenters. The predicted molar refractivity (Wildman–Crippen MR) is 78.6 cm³/mol. The third kappa shape index (κ3) is 3.92. The highest BCUT2D eigenvalue weighted by atomic mass is 32.2. The van der Waals surface area contributed by atoms with Crippen LogP contribution < -0.4 is 10.1 Å². The Kier molecular flexibility index (Phi) is 5.39. The van der Waals surface area contributed by atoms with Crippen molar-refractivity contribution in [3.8, 4) is 5.75 Å². The summed E-state index contributed by atoms with van der Waals surface area (Å²) in [6, 6.07) is 9.01. The molecule has 2 nitrogen and oxygen atoms in total. The van der Waals surface area contributed by atoms with Crippen LogP contribution in [0.25, 0.3) is 0 Å². The molecule has 1 N–H and O–H groups in total. The Hall–Kier alpha value is -0.670. The third-order valence-electron chi connectivity index (χ3n) is 3.45. The van der Waals surface area contributed by atoms with Crippen molar-refractivity contribution in [3.63, 3.8) is 0 Å². The number of thioether (sulfide) groups is 1. The van der Waals surface area contributed by atoms with E-state index in [1.165, 1.54) is 30.6 Å². The van der Waals surface area contributed by atoms with Gasteiger partial charge in [0.2, 0.25) is 0 Å². The van der Waals surface area contributed by atoms with Gasteiger partial charge in [-0.2, -0.15) is 0 Å². The van der Waals surface area contributed by atoms with Crippen LogP contribution in [0.15, 0.2) is 29.2 Å². The van der Waals surface area contributed by atoms with Crippen LogP contribution in [-0.2, 0) is 0 Å². The summed E-state index contributed by atoms with van der Waals surface area (Å²) < 4.78 is 5.38. The zero-order valence-electron chi connectivity index (χ0n) is 11.3. The molecular formula is C15H23NOS. The van der Waals surface area contributed by atoms with Crippen LogP contribution >= 0.6 is 11.8 Å². The van der Waals surface area contributed by atoms with Gasteiger partial charge >= 0.3 is 0 Å². The van der Waals surface area contributed by atoms with Gasteiger partial charge in [0.05, 0.1) is 7.11 Å². The fraction of sp³-hybridized carbons (Fsp3) is 0.600. The maximum atomic E-state index is 5.38. The standard InChI is InChI=1S/C15H23NOS/c1-12(11-16-13-7-3-4-8-13)18-15-10-6-5-9-14(15)17-2/h5-6,9-10,12-13,16H,3-4,7-8,11H2,1-2H3. The molecule has 0 radical (unpaired) electrons. The van der Waals surface area contributed by atoms with Crippen LogP contribution in [0.5, 0.6) is 5.75 Å². The van der Waals surface area contributed by atoms with E-state index in [-0.39, 0.29) is 0 Å². The Morgan fingerprint density at radius 2 is 2.06 bits per heavy atom. The molecule has 1 saturated carbocycles. The molecule has 1 fully saturated rings. The van der Waals surface area contributed by atoms with Gasteiger partial charge in [0.1, 0.15) is 5.75 Å². The summed E-state index contributed by atoms with van der Waals surface area (Å²) in [5.41, 5.74) is 0. The third-order valence-corrected chi connectivity index (χ3v) is 4.61. The van der Waals surface area contributed by atoms with Crippen LogP contribution in [0.2, 0.25) is 0 Å². The van der Waals surface area contributed by atoms with Crippen LogP contribution in [-0.4, -0.2) is 24.9 Å². The van der Waals surface area contributed by atoms with E-state index in [0.29, 0.717) is 5.25 Å². The fourth-order valence-corrected chi connectivity index (χ4v) is 3.47. The zero-order chi connectivity index (χ0) is 12.8. The topological polar surface area (TPSA) is 21.3 Å². The van der Waals surface area contributed by atoms with E-state index in [9.17, 15) is 0 Å². The second-order valence-corrected chi connectivity index (χ2v) is 6.45. The van der Waals surface area contributed by atoms with Crippen LogP contribution in [0.4, 0.5) is 0 Å². The average Bonchev–Trinajstić information content (AvgIpc) is 2.90. The summed E-state index contributed by atoms with van der Waals surface area (Å²) in [4.78, 5) is 1.24. The second kappa shape index (κ2) is 7.05. The number of hydrogen-bond acceptors (Lipinski definition) is 3. The molecular weight excluding hydrogens is 242 g/mol. The number of ether oxygens (including phenoxy) is 1. The Balaban J connectivity index is 1.80. The molecule has 1 unspecified atom stereocenters. The maximum Gasteiger partial charge on any atom is 0.132 e. The zero-order valence-corrected chi connectivity index (χ0v) is 12.1. The van der Waals surface area contributed by atoms with Gasteiger partial charge in [-0.1, -0.05) is 31.9 Å². The minimum absolute atomic E-state index is 0.571. The van der Waals surface area contributed by atoms with Crippen molar-refractivity contribution < 1.29 is 4.74 Å². The Morgan fingerprint density at radius 1 is 1.33 bits per heavy atom. The normalized spacial score (nSPS) is 17.9. The molecule has 2 rings (SSSR count). The van der Waals surface area contributed by atoms with E-state index in [4.69, 9.17) is 4.74 Å². The highest BCUT2D eigenvalue weighted by Gasteiger charge is 2.15. The van der Waals surface area contributed by atoms with Crippen molar-refractivity contribution in [2.24, 2.45) is 0 Å². The molecule has 3 heteroatoms. The van der Waals surface area contributed by atoms with Gasteiger partial charge in [0, 0.05) is 22.7 Å². The molecule has 0 spiro atoms. The van der Waals surface area contributed by atoms with Gasteiger partial charge < -0.3 is 10.1 Å². The number of hydrogen-bond donors (Lipinski definition) is 1. The van der Waals surface area contributed by atoms with Gasteiger partial charge in [0.15, 0.2) is 0 Å². The lowest BCUT2D eigenvalue weighted by Crippen LogP contribution is -2.31. The lowest BCUT2D eigenvalue weighted by Gasteiger charge is -2.17. The van der Waals surface area contributed by atoms with E-state index in [2.05, 4.69) is 24.4 Å². The summed E-state index contributed by atoms with van der Waals surface area (Å²) in [6.07, 6.45) is 5.50. The van der Waals surface area contributed by atoms with Crippen molar-refractivity contribution in [1.29, 1.82) is 0 Å². The van der Waals surface area contributed by atoms with Crippen molar-refractivity contribution in [2.75, 3.05) is 13.7 Å². The molecule has 0 saturated heterocycles. The lowest BCUT2D eigenvalue weighted by molar-refractivity contribution is 0.404. The number of nitrogens with one attached hydrogen (secondary N) is 1. The largest absolute Gasteiger partial charge is 0.496 e. The van der Waals surface area contributed by atoms with E-state index >= 15 is 0 Å². The van der Waals surface area contributed by atoms with Crippen molar-refractivity contribution in [1.82, 2.24) is 5.32 Å². The van der Waals surface area contributed by atoms with Gasteiger partial charge in [-0.3, -0.25) is 0 Å². The molecule has 18 heavy (non-hydrogen) atoms. The van der Waals surface area contributed by atoms with Crippen molar-refractivity contribution >= 4 is 11.8 Å².